The van der Waals surface area contributed by atoms with E-state index in [-0.39, 0.29) is 18.8 Å². The highest BCUT2D eigenvalue weighted by atomic mass is 19.4. The van der Waals surface area contributed by atoms with E-state index in [1.165, 1.54) is 0 Å². The summed E-state index contributed by atoms with van der Waals surface area (Å²) in [6.07, 6.45) is -4.59. The number of carbonyl (C=O) groups excluding carboxylic acids is 1. The highest BCUT2D eigenvalue weighted by Crippen LogP contribution is 2.44. The Kier molecular flexibility index (Phi) is 3.56. The normalized spacial score (nSPS) is 19.5. The van der Waals surface area contributed by atoms with Crippen LogP contribution < -0.4 is 4.74 Å². The molecule has 1 atom stereocenters. The molecule has 5 heteroatoms. The molecule has 1 unspecified atom stereocenters. The molecule has 0 aromatic heterocycles. The van der Waals surface area contributed by atoms with E-state index in [9.17, 15) is 18.0 Å². The molecule has 0 radical (unpaired) electrons. The van der Waals surface area contributed by atoms with Crippen molar-refractivity contribution in [3.63, 3.8) is 0 Å². The van der Waals surface area contributed by atoms with Crippen LogP contribution >= 0.6 is 0 Å². The van der Waals surface area contributed by atoms with Crippen LogP contribution in [0.5, 0.6) is 5.75 Å². The molecule has 0 saturated carbocycles. The van der Waals surface area contributed by atoms with Crippen molar-refractivity contribution < 1.29 is 22.7 Å². The van der Waals surface area contributed by atoms with Gasteiger partial charge in [-0.3, -0.25) is 4.79 Å². The van der Waals surface area contributed by atoms with Gasteiger partial charge in [0.15, 0.2) is 5.78 Å². The first kappa shape index (κ1) is 14.9. The molecule has 0 saturated heterocycles. The number of benzene rings is 1. The largest absolute Gasteiger partial charge is 0.492 e. The van der Waals surface area contributed by atoms with Crippen molar-refractivity contribution in [2.24, 2.45) is 11.3 Å². The van der Waals surface area contributed by atoms with Crippen molar-refractivity contribution in [2.75, 3.05) is 6.61 Å². The molecular weight excluding hydrogens is 269 g/mol. The number of carbonyl (C=O) groups is 1. The van der Waals surface area contributed by atoms with E-state index < -0.39 is 17.5 Å². The summed E-state index contributed by atoms with van der Waals surface area (Å²) in [6.45, 7) is 4.11. The minimum absolute atomic E-state index is 0.00873. The van der Waals surface area contributed by atoms with E-state index in [1.807, 2.05) is 6.92 Å². The quantitative estimate of drug-likeness (QED) is 0.815. The standard InChI is InChI=1S/C15H17F3O2/c1-9-4-5-11-12(6-9)20-8-10(13(11)19)7-14(2,3)15(16,17)18/h4-6,10H,7-8H2,1-3H3. The van der Waals surface area contributed by atoms with Gasteiger partial charge in [0.1, 0.15) is 5.75 Å². The third-order valence-corrected chi connectivity index (χ3v) is 3.74. The summed E-state index contributed by atoms with van der Waals surface area (Å²) in [4.78, 5) is 12.3. The first-order chi connectivity index (χ1) is 9.12. The van der Waals surface area contributed by atoms with Crippen LogP contribution in [0.1, 0.15) is 36.2 Å². The summed E-state index contributed by atoms with van der Waals surface area (Å²) < 4.78 is 44.2. The van der Waals surface area contributed by atoms with E-state index >= 15 is 0 Å². The lowest BCUT2D eigenvalue weighted by atomic mass is 9.78. The third-order valence-electron chi connectivity index (χ3n) is 3.74. The number of fused-ring (bicyclic) bond motifs is 1. The van der Waals surface area contributed by atoms with Crippen LogP contribution in [0.15, 0.2) is 18.2 Å². The number of ketones is 1. The number of alkyl halides is 3. The number of hydrogen-bond donors (Lipinski definition) is 0. The summed E-state index contributed by atoms with van der Waals surface area (Å²) in [6, 6.07) is 5.12. The average Bonchev–Trinajstić information content (AvgIpc) is 2.31. The minimum atomic E-state index is -4.33. The zero-order chi connectivity index (χ0) is 15.1. The summed E-state index contributed by atoms with van der Waals surface area (Å²) in [7, 11) is 0. The SMILES string of the molecule is Cc1ccc2c(c1)OCC(CC(C)(C)C(F)(F)F)C2=O. The monoisotopic (exact) mass is 286 g/mol. The number of hydrogen-bond acceptors (Lipinski definition) is 2. The number of Topliss-reactive ketones (excluding diaryl/α,β-unsaturated/α-hetero) is 1. The molecule has 0 fully saturated rings. The van der Waals surface area contributed by atoms with E-state index in [4.69, 9.17) is 4.74 Å². The Bertz CT molecular complexity index is 532. The van der Waals surface area contributed by atoms with Crippen molar-refractivity contribution in [2.45, 2.75) is 33.4 Å². The van der Waals surface area contributed by atoms with Gasteiger partial charge in [-0.25, -0.2) is 0 Å². The van der Waals surface area contributed by atoms with Crippen molar-refractivity contribution in [1.29, 1.82) is 0 Å². The summed E-state index contributed by atoms with van der Waals surface area (Å²) >= 11 is 0. The van der Waals surface area contributed by atoms with Gasteiger partial charge in [-0.15, -0.1) is 0 Å². The Morgan fingerprint density at radius 3 is 2.55 bits per heavy atom. The fourth-order valence-corrected chi connectivity index (χ4v) is 2.32. The molecule has 1 aromatic rings. The second kappa shape index (κ2) is 4.79. The van der Waals surface area contributed by atoms with Gasteiger partial charge in [0, 0.05) is 0 Å². The van der Waals surface area contributed by atoms with Crippen LogP contribution in [0.4, 0.5) is 13.2 Å². The fraction of sp³-hybridized carbons (Fsp3) is 0.533. The molecule has 0 amide bonds. The zero-order valence-corrected chi connectivity index (χ0v) is 11.7. The van der Waals surface area contributed by atoms with Gasteiger partial charge < -0.3 is 4.74 Å². The summed E-state index contributed by atoms with van der Waals surface area (Å²) in [5.41, 5.74) is -0.575. The second-order valence-corrected chi connectivity index (χ2v) is 5.96. The lowest BCUT2D eigenvalue weighted by molar-refractivity contribution is -0.216. The maximum atomic E-state index is 12.9. The lowest BCUT2D eigenvalue weighted by Crippen LogP contribution is -2.39. The van der Waals surface area contributed by atoms with Crippen LogP contribution in [-0.2, 0) is 0 Å². The molecule has 1 aliphatic rings. The molecule has 1 aliphatic heterocycles. The molecule has 1 aromatic carbocycles. The van der Waals surface area contributed by atoms with Gasteiger partial charge in [0.25, 0.3) is 0 Å². The molecule has 0 N–H and O–H groups in total. The summed E-state index contributed by atoms with van der Waals surface area (Å²) in [5, 5.41) is 0. The van der Waals surface area contributed by atoms with Gasteiger partial charge in [-0.05, 0) is 31.0 Å². The zero-order valence-electron chi connectivity index (χ0n) is 11.7. The molecule has 2 nitrogen and oxygen atoms in total. The smallest absolute Gasteiger partial charge is 0.394 e. The van der Waals surface area contributed by atoms with Crippen molar-refractivity contribution in [1.82, 2.24) is 0 Å². The molecule has 0 bridgehead atoms. The number of aryl methyl sites for hydroxylation is 1. The lowest BCUT2D eigenvalue weighted by Gasteiger charge is -2.33. The number of ether oxygens (including phenoxy) is 1. The molecule has 0 spiro atoms. The van der Waals surface area contributed by atoms with Gasteiger partial charge in [0.2, 0.25) is 0 Å². The molecule has 110 valence electrons. The van der Waals surface area contributed by atoms with Crippen molar-refractivity contribution in [3.8, 4) is 5.75 Å². The van der Waals surface area contributed by atoms with Crippen LogP contribution in [0.2, 0.25) is 0 Å². The van der Waals surface area contributed by atoms with Gasteiger partial charge in [-0.1, -0.05) is 19.9 Å². The number of halogens is 3. The Morgan fingerprint density at radius 1 is 1.30 bits per heavy atom. The molecule has 2 rings (SSSR count). The van der Waals surface area contributed by atoms with Crippen LogP contribution in [0.25, 0.3) is 0 Å². The highest BCUT2D eigenvalue weighted by Gasteiger charge is 2.49. The second-order valence-electron chi connectivity index (χ2n) is 5.96. The predicted octanol–water partition coefficient (Wildman–Crippen LogP) is 4.16. The first-order valence-electron chi connectivity index (χ1n) is 6.46. The maximum absolute atomic E-state index is 12.9. The Morgan fingerprint density at radius 2 is 1.95 bits per heavy atom. The first-order valence-corrected chi connectivity index (χ1v) is 6.46. The molecular formula is C15H17F3O2. The maximum Gasteiger partial charge on any atom is 0.394 e. The van der Waals surface area contributed by atoms with Gasteiger partial charge >= 0.3 is 6.18 Å². The topological polar surface area (TPSA) is 26.3 Å². The molecule has 20 heavy (non-hydrogen) atoms. The predicted molar refractivity (Wildman–Crippen MR) is 68.9 cm³/mol. The van der Waals surface area contributed by atoms with E-state index in [2.05, 4.69) is 0 Å². The van der Waals surface area contributed by atoms with Crippen LogP contribution in [0.3, 0.4) is 0 Å². The Hall–Kier alpha value is -1.52. The Balaban J connectivity index is 2.22. The van der Waals surface area contributed by atoms with Crippen molar-refractivity contribution >= 4 is 5.78 Å². The van der Waals surface area contributed by atoms with E-state index in [1.54, 1.807) is 18.2 Å². The number of rotatable bonds is 2. The van der Waals surface area contributed by atoms with Crippen molar-refractivity contribution in [3.05, 3.63) is 29.3 Å². The molecule has 0 aliphatic carbocycles. The van der Waals surface area contributed by atoms with Gasteiger partial charge in [-0.2, -0.15) is 13.2 Å². The molecule has 1 heterocycles. The van der Waals surface area contributed by atoms with E-state index in [0.29, 0.717) is 11.3 Å². The fourth-order valence-electron chi connectivity index (χ4n) is 2.32. The van der Waals surface area contributed by atoms with Crippen LogP contribution in [0, 0.1) is 18.3 Å². The van der Waals surface area contributed by atoms with E-state index in [0.717, 1.165) is 19.4 Å². The summed E-state index contributed by atoms with van der Waals surface area (Å²) in [5.74, 6) is -0.540. The third kappa shape index (κ3) is 2.67. The Labute approximate surface area is 115 Å². The minimum Gasteiger partial charge on any atom is -0.492 e. The highest BCUT2D eigenvalue weighted by molar-refractivity contribution is 6.01. The van der Waals surface area contributed by atoms with Crippen LogP contribution in [-0.4, -0.2) is 18.6 Å². The average molecular weight is 286 g/mol. The van der Waals surface area contributed by atoms with Gasteiger partial charge in [0.05, 0.1) is 23.5 Å².